The van der Waals surface area contributed by atoms with Crippen molar-refractivity contribution in [3.8, 4) is 5.75 Å². The van der Waals surface area contributed by atoms with Crippen molar-refractivity contribution in [1.29, 1.82) is 0 Å². The van der Waals surface area contributed by atoms with Crippen LogP contribution in [0, 0.1) is 0 Å². The van der Waals surface area contributed by atoms with Crippen LogP contribution in [0.3, 0.4) is 0 Å². The quantitative estimate of drug-likeness (QED) is 0.788. The van der Waals surface area contributed by atoms with Crippen LogP contribution in [0.5, 0.6) is 5.75 Å². The molecule has 0 aliphatic rings. The van der Waals surface area contributed by atoms with E-state index in [2.05, 4.69) is 5.10 Å². The van der Waals surface area contributed by atoms with Gasteiger partial charge in [0, 0.05) is 17.1 Å². The lowest BCUT2D eigenvalue weighted by Gasteiger charge is -2.09. The molecule has 2 rings (SSSR count). The van der Waals surface area contributed by atoms with E-state index in [4.69, 9.17) is 32.7 Å². The van der Waals surface area contributed by atoms with Crippen LogP contribution in [0.4, 0.5) is 0 Å². The molecular weight excluding hydrogens is 315 g/mol. The Balaban J connectivity index is 2.16. The Bertz CT molecular complexity index is 635. The maximum atomic E-state index is 11.8. The van der Waals surface area contributed by atoms with Gasteiger partial charge in [-0.15, -0.1) is 0 Å². The van der Waals surface area contributed by atoms with Crippen molar-refractivity contribution >= 4 is 29.2 Å². The third-order valence-electron chi connectivity index (χ3n) is 2.77. The molecular formula is C14H14Cl2N2O3. The smallest absolute Gasteiger partial charge is 0.341 e. The van der Waals surface area contributed by atoms with Crippen molar-refractivity contribution < 1.29 is 14.3 Å². The summed E-state index contributed by atoms with van der Waals surface area (Å²) in [5, 5.41) is 5.01. The van der Waals surface area contributed by atoms with Gasteiger partial charge in [-0.2, -0.15) is 5.10 Å². The van der Waals surface area contributed by atoms with Crippen molar-refractivity contribution in [3.63, 3.8) is 0 Å². The molecule has 1 aromatic heterocycles. The van der Waals surface area contributed by atoms with Crippen LogP contribution in [0.15, 0.2) is 24.4 Å². The summed E-state index contributed by atoms with van der Waals surface area (Å²) in [5.41, 5.74) is 0.997. The summed E-state index contributed by atoms with van der Waals surface area (Å²) in [6.45, 7) is 2.21. The van der Waals surface area contributed by atoms with E-state index in [1.807, 2.05) is 0 Å². The second kappa shape index (κ2) is 6.83. The number of hydrogen-bond acceptors (Lipinski definition) is 4. The fourth-order valence-corrected chi connectivity index (χ4v) is 2.28. The first-order chi connectivity index (χ1) is 10.0. The van der Waals surface area contributed by atoms with Gasteiger partial charge in [-0.25, -0.2) is 4.79 Å². The Hall–Kier alpha value is -1.72. The molecule has 2 aromatic rings. The van der Waals surface area contributed by atoms with Crippen molar-refractivity contribution in [3.05, 3.63) is 45.7 Å². The molecule has 0 atom stereocenters. The molecule has 0 fully saturated rings. The molecule has 0 aliphatic heterocycles. The third-order valence-corrected chi connectivity index (χ3v) is 3.20. The molecule has 112 valence electrons. The van der Waals surface area contributed by atoms with Crippen LogP contribution in [-0.4, -0.2) is 22.4 Å². The number of benzene rings is 1. The number of aryl methyl sites for hydroxylation is 1. The monoisotopic (exact) mass is 328 g/mol. The lowest BCUT2D eigenvalue weighted by atomic mass is 10.2. The first-order valence-electron chi connectivity index (χ1n) is 6.28. The summed E-state index contributed by atoms with van der Waals surface area (Å²) < 4.78 is 12.2. The van der Waals surface area contributed by atoms with E-state index in [-0.39, 0.29) is 6.61 Å². The minimum Gasteiger partial charge on any atom is -0.487 e. The minimum atomic E-state index is -0.423. The fraction of sp³-hybridized carbons (Fsp3) is 0.286. The van der Waals surface area contributed by atoms with Crippen molar-refractivity contribution in [2.24, 2.45) is 7.05 Å². The molecule has 1 aromatic carbocycles. The highest BCUT2D eigenvalue weighted by Gasteiger charge is 2.17. The van der Waals surface area contributed by atoms with E-state index in [9.17, 15) is 4.79 Å². The highest BCUT2D eigenvalue weighted by atomic mass is 35.5. The summed E-state index contributed by atoms with van der Waals surface area (Å²) in [7, 11) is 1.73. The summed E-state index contributed by atoms with van der Waals surface area (Å²) in [6, 6.07) is 4.91. The molecule has 0 spiro atoms. The van der Waals surface area contributed by atoms with Gasteiger partial charge >= 0.3 is 5.97 Å². The molecule has 0 saturated heterocycles. The van der Waals surface area contributed by atoms with E-state index in [0.29, 0.717) is 33.7 Å². The Kier molecular flexibility index (Phi) is 5.09. The van der Waals surface area contributed by atoms with Crippen LogP contribution in [0.2, 0.25) is 10.0 Å². The number of rotatable bonds is 5. The van der Waals surface area contributed by atoms with Crippen molar-refractivity contribution in [2.45, 2.75) is 13.5 Å². The summed E-state index contributed by atoms with van der Waals surface area (Å²) in [6.07, 6.45) is 1.46. The third kappa shape index (κ3) is 3.89. The molecule has 1 heterocycles. The number of nitrogens with zero attached hydrogens (tertiary/aromatic N) is 2. The number of hydrogen-bond donors (Lipinski definition) is 0. The lowest BCUT2D eigenvalue weighted by Crippen LogP contribution is -2.11. The van der Waals surface area contributed by atoms with E-state index < -0.39 is 5.97 Å². The van der Waals surface area contributed by atoms with Crippen LogP contribution < -0.4 is 4.74 Å². The van der Waals surface area contributed by atoms with Gasteiger partial charge in [0.2, 0.25) is 0 Å². The number of halogens is 2. The van der Waals surface area contributed by atoms with Gasteiger partial charge in [0.05, 0.1) is 18.5 Å². The molecule has 7 heteroatoms. The Morgan fingerprint density at radius 3 is 2.57 bits per heavy atom. The topological polar surface area (TPSA) is 53.3 Å². The maximum Gasteiger partial charge on any atom is 0.341 e. The highest BCUT2D eigenvalue weighted by Crippen LogP contribution is 2.25. The van der Waals surface area contributed by atoms with E-state index in [0.717, 1.165) is 0 Å². The van der Waals surface area contributed by atoms with Gasteiger partial charge < -0.3 is 9.47 Å². The van der Waals surface area contributed by atoms with Crippen molar-refractivity contribution in [1.82, 2.24) is 9.78 Å². The zero-order chi connectivity index (χ0) is 15.4. The predicted octanol–water partition coefficient (Wildman–Crippen LogP) is 3.48. The second-order valence-corrected chi connectivity index (χ2v) is 5.12. The first kappa shape index (κ1) is 15.7. The Morgan fingerprint density at radius 1 is 1.29 bits per heavy atom. The SMILES string of the molecule is CCOC(=O)c1cnn(C)c1COc1cc(Cl)cc(Cl)c1. The Morgan fingerprint density at radius 2 is 1.95 bits per heavy atom. The zero-order valence-corrected chi connectivity index (χ0v) is 13.1. The zero-order valence-electron chi connectivity index (χ0n) is 11.6. The number of carbonyl (C=O) groups excluding carboxylic acids is 1. The molecule has 0 bridgehead atoms. The molecule has 5 nitrogen and oxygen atoms in total. The largest absolute Gasteiger partial charge is 0.487 e. The number of esters is 1. The van der Waals surface area contributed by atoms with Crippen LogP contribution in [0.1, 0.15) is 23.0 Å². The van der Waals surface area contributed by atoms with Gasteiger partial charge in [-0.1, -0.05) is 23.2 Å². The van der Waals surface area contributed by atoms with Gasteiger partial charge in [-0.05, 0) is 25.1 Å². The number of aromatic nitrogens is 2. The second-order valence-electron chi connectivity index (χ2n) is 4.24. The van der Waals surface area contributed by atoms with Crippen LogP contribution >= 0.6 is 23.2 Å². The summed E-state index contributed by atoms with van der Waals surface area (Å²) in [5.74, 6) is 0.0943. The van der Waals surface area contributed by atoms with Gasteiger partial charge in [0.1, 0.15) is 17.9 Å². The van der Waals surface area contributed by atoms with Crippen LogP contribution in [0.25, 0.3) is 0 Å². The average Bonchev–Trinajstić information content (AvgIpc) is 2.77. The maximum absolute atomic E-state index is 11.8. The summed E-state index contributed by atoms with van der Waals surface area (Å²) >= 11 is 11.8. The molecule has 21 heavy (non-hydrogen) atoms. The molecule has 0 radical (unpaired) electrons. The Labute approximate surface area is 132 Å². The molecule has 0 unspecified atom stereocenters. The van der Waals surface area contributed by atoms with E-state index in [1.54, 1.807) is 36.9 Å². The van der Waals surface area contributed by atoms with Crippen LogP contribution in [-0.2, 0) is 18.4 Å². The van der Waals surface area contributed by atoms with E-state index >= 15 is 0 Å². The first-order valence-corrected chi connectivity index (χ1v) is 7.03. The number of ether oxygens (including phenoxy) is 2. The predicted molar refractivity (Wildman–Crippen MR) is 80.0 cm³/mol. The minimum absolute atomic E-state index is 0.154. The van der Waals surface area contributed by atoms with Gasteiger partial charge in [0.15, 0.2) is 0 Å². The van der Waals surface area contributed by atoms with Gasteiger partial charge in [0.25, 0.3) is 0 Å². The molecule has 0 aliphatic carbocycles. The fourth-order valence-electron chi connectivity index (χ4n) is 1.78. The standard InChI is InChI=1S/C14H14Cl2N2O3/c1-3-20-14(19)12-7-17-18(2)13(12)8-21-11-5-9(15)4-10(16)6-11/h4-7H,3,8H2,1-2H3. The normalized spacial score (nSPS) is 10.5. The average molecular weight is 329 g/mol. The molecule has 0 amide bonds. The van der Waals surface area contributed by atoms with Crippen molar-refractivity contribution in [2.75, 3.05) is 6.61 Å². The highest BCUT2D eigenvalue weighted by molar-refractivity contribution is 6.34. The molecule has 0 saturated carbocycles. The molecule has 0 N–H and O–H groups in total. The van der Waals surface area contributed by atoms with E-state index in [1.165, 1.54) is 6.20 Å². The lowest BCUT2D eigenvalue weighted by molar-refractivity contribution is 0.0523. The summed E-state index contributed by atoms with van der Waals surface area (Å²) in [4.78, 5) is 11.8. The number of carbonyl (C=O) groups is 1. The van der Waals surface area contributed by atoms with Gasteiger partial charge in [-0.3, -0.25) is 4.68 Å².